The number of hydrogen-bond acceptors (Lipinski definition) is 5. The second-order valence-electron chi connectivity index (χ2n) is 9.85. The molecule has 1 amide bonds. The molecule has 7 nitrogen and oxygen atoms in total. The van der Waals surface area contributed by atoms with Gasteiger partial charge >= 0.3 is 0 Å². The van der Waals surface area contributed by atoms with E-state index in [2.05, 4.69) is 4.98 Å². The fourth-order valence-corrected chi connectivity index (χ4v) is 5.09. The van der Waals surface area contributed by atoms with E-state index in [1.165, 1.54) is 19.3 Å². The van der Waals surface area contributed by atoms with Gasteiger partial charge in [-0.25, -0.2) is 4.98 Å². The molecule has 2 heterocycles. The smallest absolute Gasteiger partial charge is 0.252 e. The highest BCUT2D eigenvalue weighted by Crippen LogP contribution is 2.25. The van der Waals surface area contributed by atoms with Gasteiger partial charge in [-0.2, -0.15) is 0 Å². The van der Waals surface area contributed by atoms with Crippen molar-refractivity contribution in [3.8, 4) is 17.2 Å². The predicted octanol–water partition coefficient (Wildman–Crippen LogP) is 4.95. The highest BCUT2D eigenvalue weighted by Gasteiger charge is 2.33. The lowest BCUT2D eigenvalue weighted by atomic mass is 9.98. The molecule has 2 aromatic carbocycles. The van der Waals surface area contributed by atoms with Gasteiger partial charge in [0.25, 0.3) is 5.91 Å². The summed E-state index contributed by atoms with van der Waals surface area (Å²) in [5.41, 5.74) is 2.90. The minimum atomic E-state index is -0.540. The fourth-order valence-electron chi connectivity index (χ4n) is 5.09. The Morgan fingerprint density at radius 3 is 2.44 bits per heavy atom. The number of benzene rings is 2. The molecule has 2 fully saturated rings. The Balaban J connectivity index is 1.20. The lowest BCUT2D eigenvalue weighted by Crippen LogP contribution is -2.51. The highest BCUT2D eigenvalue weighted by molar-refractivity contribution is 5.82. The van der Waals surface area contributed by atoms with Crippen molar-refractivity contribution in [2.45, 2.75) is 70.3 Å². The molecule has 0 radical (unpaired) electrons. The summed E-state index contributed by atoms with van der Waals surface area (Å²) >= 11 is 0. The van der Waals surface area contributed by atoms with E-state index in [1.54, 1.807) is 13.4 Å². The third-order valence-electron chi connectivity index (χ3n) is 7.01. The van der Waals surface area contributed by atoms with Gasteiger partial charge in [0.05, 0.1) is 31.3 Å². The topological polar surface area (TPSA) is 65.8 Å². The fraction of sp³-hybridized carbons (Fsp3) is 0.448. The Morgan fingerprint density at radius 2 is 1.72 bits per heavy atom. The first-order valence-corrected chi connectivity index (χ1v) is 12.9. The van der Waals surface area contributed by atoms with Crippen molar-refractivity contribution in [1.82, 2.24) is 14.5 Å². The molecule has 0 bridgehead atoms. The van der Waals surface area contributed by atoms with Gasteiger partial charge in [-0.3, -0.25) is 4.79 Å². The Hall–Kier alpha value is -3.32. The lowest BCUT2D eigenvalue weighted by Gasteiger charge is -2.36. The summed E-state index contributed by atoms with van der Waals surface area (Å²) in [6, 6.07) is 16.0. The minimum absolute atomic E-state index is 0.00248. The third-order valence-corrected chi connectivity index (χ3v) is 7.01. The summed E-state index contributed by atoms with van der Waals surface area (Å²) in [7, 11) is 1.65. The molecule has 190 valence electrons. The van der Waals surface area contributed by atoms with E-state index in [1.807, 2.05) is 71.1 Å². The van der Waals surface area contributed by atoms with Crippen molar-refractivity contribution in [3.63, 3.8) is 0 Å². The van der Waals surface area contributed by atoms with E-state index in [0.29, 0.717) is 25.6 Å². The maximum atomic E-state index is 13.2. The SMILES string of the molecule is COc1ccc(CN2CC(C)OC(Cc3cn(-c4ccc(OC5CCCCC5)cc4)cn3)C2=O)cc1. The number of hydrogen-bond donors (Lipinski definition) is 0. The number of imidazole rings is 1. The molecule has 1 aliphatic carbocycles. The Morgan fingerprint density at radius 1 is 1.00 bits per heavy atom. The van der Waals surface area contributed by atoms with Crippen molar-refractivity contribution >= 4 is 5.91 Å². The van der Waals surface area contributed by atoms with E-state index < -0.39 is 6.10 Å². The van der Waals surface area contributed by atoms with Crippen LogP contribution in [0.3, 0.4) is 0 Å². The average molecular weight is 490 g/mol. The maximum Gasteiger partial charge on any atom is 0.252 e. The number of morpholine rings is 1. The lowest BCUT2D eigenvalue weighted by molar-refractivity contribution is -0.161. The molecule has 1 saturated carbocycles. The highest BCUT2D eigenvalue weighted by atomic mass is 16.5. The molecule has 7 heteroatoms. The predicted molar refractivity (Wildman–Crippen MR) is 138 cm³/mol. The molecule has 0 spiro atoms. The summed E-state index contributed by atoms with van der Waals surface area (Å²) in [6.07, 6.45) is 10.1. The van der Waals surface area contributed by atoms with Crippen LogP contribution in [0.1, 0.15) is 50.3 Å². The molecule has 1 aromatic heterocycles. The zero-order valence-electron chi connectivity index (χ0n) is 21.1. The summed E-state index contributed by atoms with van der Waals surface area (Å²) in [6.45, 7) is 3.14. The number of carbonyl (C=O) groups excluding carboxylic acids is 1. The summed E-state index contributed by atoms with van der Waals surface area (Å²) in [4.78, 5) is 19.6. The Bertz CT molecular complexity index is 1140. The number of amides is 1. The number of carbonyl (C=O) groups is 1. The van der Waals surface area contributed by atoms with Crippen LogP contribution < -0.4 is 9.47 Å². The molecule has 2 unspecified atom stereocenters. The maximum absolute atomic E-state index is 13.2. The van der Waals surface area contributed by atoms with E-state index >= 15 is 0 Å². The van der Waals surface area contributed by atoms with Crippen LogP contribution in [0.2, 0.25) is 0 Å². The van der Waals surface area contributed by atoms with E-state index in [0.717, 1.165) is 41.3 Å². The summed E-state index contributed by atoms with van der Waals surface area (Å²) in [5.74, 6) is 1.72. The second kappa shape index (κ2) is 11.2. The number of rotatable bonds is 8. The van der Waals surface area contributed by atoms with Crippen LogP contribution in [-0.4, -0.2) is 52.3 Å². The van der Waals surface area contributed by atoms with Gasteiger partial charge in [-0.15, -0.1) is 0 Å². The van der Waals surface area contributed by atoms with Crippen LogP contribution in [0.15, 0.2) is 61.1 Å². The molecule has 1 saturated heterocycles. The van der Waals surface area contributed by atoms with Crippen molar-refractivity contribution < 1.29 is 19.0 Å². The van der Waals surface area contributed by atoms with Gasteiger partial charge in [-0.05, 0) is 74.6 Å². The Kier molecular flexibility index (Phi) is 7.56. The first-order chi connectivity index (χ1) is 17.6. The van der Waals surface area contributed by atoms with Crippen molar-refractivity contribution in [2.24, 2.45) is 0 Å². The van der Waals surface area contributed by atoms with Crippen molar-refractivity contribution in [3.05, 3.63) is 72.3 Å². The molecule has 1 aliphatic heterocycles. The molecule has 0 N–H and O–H groups in total. The quantitative estimate of drug-likeness (QED) is 0.448. The van der Waals surface area contributed by atoms with Crippen molar-refractivity contribution in [2.75, 3.05) is 13.7 Å². The van der Waals surface area contributed by atoms with Crippen LogP contribution in [0, 0.1) is 0 Å². The molecule has 2 aliphatic rings. The van der Waals surface area contributed by atoms with Crippen LogP contribution in [-0.2, 0) is 22.5 Å². The zero-order chi connectivity index (χ0) is 24.9. The Labute approximate surface area is 213 Å². The number of ether oxygens (including phenoxy) is 3. The average Bonchev–Trinajstić information content (AvgIpc) is 3.37. The first-order valence-electron chi connectivity index (χ1n) is 12.9. The van der Waals surface area contributed by atoms with Crippen LogP contribution in [0.4, 0.5) is 0 Å². The number of aromatic nitrogens is 2. The van der Waals surface area contributed by atoms with E-state index in [4.69, 9.17) is 14.2 Å². The molecule has 3 aromatic rings. The molecule has 36 heavy (non-hydrogen) atoms. The minimum Gasteiger partial charge on any atom is -0.497 e. The first kappa shape index (κ1) is 24.4. The normalized spacial score (nSPS) is 20.9. The van der Waals surface area contributed by atoms with Crippen molar-refractivity contribution in [1.29, 1.82) is 0 Å². The number of nitrogens with zero attached hydrogens (tertiary/aromatic N) is 3. The largest absolute Gasteiger partial charge is 0.497 e. The van der Waals surface area contributed by atoms with Crippen LogP contribution in [0.5, 0.6) is 11.5 Å². The van der Waals surface area contributed by atoms with E-state index in [-0.39, 0.29) is 12.0 Å². The number of methoxy groups -OCH3 is 1. The van der Waals surface area contributed by atoms with Gasteiger partial charge in [-0.1, -0.05) is 18.6 Å². The van der Waals surface area contributed by atoms with Gasteiger partial charge in [0.15, 0.2) is 0 Å². The van der Waals surface area contributed by atoms with E-state index in [9.17, 15) is 4.79 Å². The van der Waals surface area contributed by atoms with Crippen LogP contribution in [0.25, 0.3) is 5.69 Å². The second-order valence-corrected chi connectivity index (χ2v) is 9.85. The molecular formula is C29H35N3O4. The third kappa shape index (κ3) is 5.90. The summed E-state index contributed by atoms with van der Waals surface area (Å²) in [5, 5.41) is 0. The monoisotopic (exact) mass is 489 g/mol. The van der Waals surface area contributed by atoms with Gasteiger partial charge in [0, 0.05) is 31.4 Å². The molecule has 5 rings (SSSR count). The van der Waals surface area contributed by atoms with Crippen LogP contribution >= 0.6 is 0 Å². The van der Waals surface area contributed by atoms with Gasteiger partial charge in [0.1, 0.15) is 17.6 Å². The van der Waals surface area contributed by atoms with Gasteiger partial charge in [0.2, 0.25) is 0 Å². The molecular weight excluding hydrogens is 454 g/mol. The summed E-state index contributed by atoms with van der Waals surface area (Å²) < 4.78 is 19.4. The zero-order valence-corrected chi connectivity index (χ0v) is 21.1. The molecule has 2 atom stereocenters. The van der Waals surface area contributed by atoms with Gasteiger partial charge < -0.3 is 23.7 Å². The standard InChI is InChI=1S/C29H35N3O4/c1-21-17-31(18-22-8-12-25(34-2)13-9-22)29(33)28(35-21)16-23-19-32(20-30-23)24-10-14-27(15-11-24)36-26-6-4-3-5-7-26/h8-15,19-21,26,28H,3-7,16-18H2,1-2H3.